The second-order valence-corrected chi connectivity index (χ2v) is 9.51. The predicted octanol–water partition coefficient (Wildman–Crippen LogP) is 2.62. The van der Waals surface area contributed by atoms with Crippen LogP contribution in [0.1, 0.15) is 30.0 Å². The van der Waals surface area contributed by atoms with Crippen LogP contribution in [-0.4, -0.2) is 51.0 Å². The van der Waals surface area contributed by atoms with Gasteiger partial charge in [0.15, 0.2) is 0 Å². The van der Waals surface area contributed by atoms with Crippen molar-refractivity contribution in [2.75, 3.05) is 24.2 Å². The average molecular weight is 446 g/mol. The fraction of sp³-hybridized carbons (Fsp3) is 0.391. The molecule has 31 heavy (non-hydrogen) atoms. The standard InChI is InChI=1S/C23H31N3O4S/c1-6-20(23(28)24-4)25(15-19-12-9-10-17(2)14-19)22(27)16-26(31(5,29)30)21-13-8-7-11-18(21)3/h7-14,20H,6,15-16H2,1-5H3,(H,24,28)/t20-/m1/s1. The Morgan fingerprint density at radius 2 is 1.74 bits per heavy atom. The number of sulfonamides is 1. The summed E-state index contributed by atoms with van der Waals surface area (Å²) in [5, 5.41) is 2.61. The highest BCUT2D eigenvalue weighted by Crippen LogP contribution is 2.23. The molecule has 0 aliphatic rings. The maximum atomic E-state index is 13.4. The van der Waals surface area contributed by atoms with Crippen LogP contribution in [0.15, 0.2) is 48.5 Å². The van der Waals surface area contributed by atoms with E-state index in [-0.39, 0.29) is 19.0 Å². The van der Waals surface area contributed by atoms with Crippen LogP contribution in [-0.2, 0) is 26.2 Å². The summed E-state index contributed by atoms with van der Waals surface area (Å²) in [5.41, 5.74) is 3.10. The van der Waals surface area contributed by atoms with Gasteiger partial charge < -0.3 is 10.2 Å². The molecule has 0 saturated carbocycles. The van der Waals surface area contributed by atoms with Gasteiger partial charge in [0.2, 0.25) is 21.8 Å². The zero-order valence-electron chi connectivity index (χ0n) is 18.8. The predicted molar refractivity (Wildman–Crippen MR) is 123 cm³/mol. The first-order valence-electron chi connectivity index (χ1n) is 10.2. The molecule has 0 heterocycles. The number of hydrogen-bond acceptors (Lipinski definition) is 4. The van der Waals surface area contributed by atoms with Crippen LogP contribution in [0.25, 0.3) is 0 Å². The van der Waals surface area contributed by atoms with Crippen LogP contribution in [0.2, 0.25) is 0 Å². The summed E-state index contributed by atoms with van der Waals surface area (Å²) in [7, 11) is -2.20. The molecule has 1 atom stereocenters. The Balaban J connectivity index is 2.44. The molecule has 0 bridgehead atoms. The molecule has 0 aromatic heterocycles. The van der Waals surface area contributed by atoms with E-state index in [1.807, 2.05) is 44.2 Å². The molecule has 0 unspecified atom stereocenters. The maximum absolute atomic E-state index is 13.4. The normalized spacial score (nSPS) is 12.2. The van der Waals surface area contributed by atoms with Gasteiger partial charge in [-0.3, -0.25) is 13.9 Å². The second kappa shape index (κ2) is 10.4. The van der Waals surface area contributed by atoms with Crippen LogP contribution < -0.4 is 9.62 Å². The number of carbonyl (C=O) groups is 2. The lowest BCUT2D eigenvalue weighted by Gasteiger charge is -2.33. The monoisotopic (exact) mass is 445 g/mol. The molecular weight excluding hydrogens is 414 g/mol. The Bertz CT molecular complexity index is 1040. The van der Waals surface area contributed by atoms with E-state index in [1.165, 1.54) is 11.9 Å². The summed E-state index contributed by atoms with van der Waals surface area (Å²) >= 11 is 0. The van der Waals surface area contributed by atoms with Gasteiger partial charge >= 0.3 is 0 Å². The summed E-state index contributed by atoms with van der Waals surface area (Å²) in [6.07, 6.45) is 1.48. The SMILES string of the molecule is CC[C@H](C(=O)NC)N(Cc1cccc(C)c1)C(=O)CN(c1ccccc1C)S(C)(=O)=O. The number of rotatable bonds is 9. The average Bonchev–Trinajstić information content (AvgIpc) is 2.71. The number of likely N-dealkylation sites (N-methyl/N-ethyl adjacent to an activating group) is 1. The third kappa shape index (κ3) is 6.30. The maximum Gasteiger partial charge on any atom is 0.244 e. The van der Waals surface area contributed by atoms with E-state index < -0.39 is 22.0 Å². The fourth-order valence-corrected chi connectivity index (χ4v) is 4.44. The first-order valence-corrected chi connectivity index (χ1v) is 12.0. The van der Waals surface area contributed by atoms with Crippen LogP contribution in [0, 0.1) is 13.8 Å². The van der Waals surface area contributed by atoms with Crippen molar-refractivity contribution in [2.45, 2.75) is 39.8 Å². The Labute approximate surface area is 185 Å². The van der Waals surface area contributed by atoms with E-state index in [9.17, 15) is 18.0 Å². The highest BCUT2D eigenvalue weighted by molar-refractivity contribution is 7.92. The fourth-order valence-electron chi connectivity index (χ4n) is 3.53. The molecule has 8 heteroatoms. The lowest BCUT2D eigenvalue weighted by molar-refractivity contribution is -0.140. The van der Waals surface area contributed by atoms with Gasteiger partial charge in [-0.25, -0.2) is 8.42 Å². The smallest absolute Gasteiger partial charge is 0.244 e. The van der Waals surface area contributed by atoms with E-state index in [1.54, 1.807) is 25.1 Å². The van der Waals surface area contributed by atoms with Crippen LogP contribution >= 0.6 is 0 Å². The number of hydrogen-bond donors (Lipinski definition) is 1. The second-order valence-electron chi connectivity index (χ2n) is 7.61. The summed E-state index contributed by atoms with van der Waals surface area (Å²) in [6, 6.07) is 14.0. The summed E-state index contributed by atoms with van der Waals surface area (Å²) < 4.78 is 26.2. The number of para-hydroxylation sites is 1. The lowest BCUT2D eigenvalue weighted by Crippen LogP contribution is -2.51. The molecule has 168 valence electrons. The molecule has 0 fully saturated rings. The number of anilines is 1. The zero-order chi connectivity index (χ0) is 23.2. The van der Waals surface area contributed by atoms with E-state index >= 15 is 0 Å². The number of nitrogens with zero attached hydrogens (tertiary/aromatic N) is 2. The summed E-state index contributed by atoms with van der Waals surface area (Å²) in [4.78, 5) is 27.4. The molecule has 1 N–H and O–H groups in total. The third-order valence-electron chi connectivity index (χ3n) is 5.13. The lowest BCUT2D eigenvalue weighted by atomic mass is 10.1. The van der Waals surface area contributed by atoms with Crippen molar-refractivity contribution < 1.29 is 18.0 Å². The Morgan fingerprint density at radius 1 is 1.06 bits per heavy atom. The van der Waals surface area contributed by atoms with Gasteiger partial charge in [-0.2, -0.15) is 0 Å². The van der Waals surface area contributed by atoms with Crippen LogP contribution in [0.3, 0.4) is 0 Å². The van der Waals surface area contributed by atoms with Crippen molar-refractivity contribution in [3.05, 3.63) is 65.2 Å². The first-order chi connectivity index (χ1) is 14.6. The Kier molecular flexibility index (Phi) is 8.21. The van der Waals surface area contributed by atoms with Crippen LogP contribution in [0.5, 0.6) is 0 Å². The van der Waals surface area contributed by atoms with E-state index in [2.05, 4.69) is 5.32 Å². The Morgan fingerprint density at radius 3 is 2.29 bits per heavy atom. The van der Waals surface area contributed by atoms with Gasteiger partial charge in [0, 0.05) is 13.6 Å². The quantitative estimate of drug-likeness (QED) is 0.643. The number of nitrogens with one attached hydrogen (secondary N) is 1. The molecule has 0 aliphatic heterocycles. The van der Waals surface area contributed by atoms with Crippen molar-refractivity contribution >= 4 is 27.5 Å². The molecule has 0 spiro atoms. The van der Waals surface area contributed by atoms with E-state index in [4.69, 9.17) is 0 Å². The molecule has 2 aromatic carbocycles. The van der Waals surface area contributed by atoms with E-state index in [0.717, 1.165) is 27.3 Å². The van der Waals surface area contributed by atoms with Crippen molar-refractivity contribution in [1.29, 1.82) is 0 Å². The molecule has 0 radical (unpaired) electrons. The highest BCUT2D eigenvalue weighted by Gasteiger charge is 2.31. The van der Waals surface area contributed by atoms with Crippen molar-refractivity contribution in [1.82, 2.24) is 10.2 Å². The minimum atomic E-state index is -3.72. The minimum absolute atomic E-state index is 0.206. The molecule has 2 aromatic rings. The molecule has 2 amide bonds. The van der Waals surface area contributed by atoms with Gasteiger partial charge in [-0.05, 0) is 37.5 Å². The molecule has 0 saturated heterocycles. The van der Waals surface area contributed by atoms with Crippen molar-refractivity contribution in [3.8, 4) is 0 Å². The van der Waals surface area contributed by atoms with Crippen LogP contribution in [0.4, 0.5) is 5.69 Å². The van der Waals surface area contributed by atoms with Gasteiger partial charge in [-0.15, -0.1) is 0 Å². The number of amides is 2. The minimum Gasteiger partial charge on any atom is -0.357 e. The largest absolute Gasteiger partial charge is 0.357 e. The summed E-state index contributed by atoms with van der Waals surface area (Å²) in [5.74, 6) is -0.726. The molecular formula is C23H31N3O4S. The van der Waals surface area contributed by atoms with Gasteiger partial charge in [0.1, 0.15) is 12.6 Å². The number of carbonyl (C=O) groups excluding carboxylic acids is 2. The molecule has 0 aliphatic carbocycles. The highest BCUT2D eigenvalue weighted by atomic mass is 32.2. The molecule has 7 nitrogen and oxygen atoms in total. The van der Waals surface area contributed by atoms with Crippen molar-refractivity contribution in [2.24, 2.45) is 0 Å². The number of aryl methyl sites for hydroxylation is 2. The van der Waals surface area contributed by atoms with Gasteiger partial charge in [0.05, 0.1) is 11.9 Å². The van der Waals surface area contributed by atoms with Gasteiger partial charge in [0.25, 0.3) is 0 Å². The number of benzene rings is 2. The van der Waals surface area contributed by atoms with E-state index in [0.29, 0.717) is 12.1 Å². The van der Waals surface area contributed by atoms with Crippen molar-refractivity contribution in [3.63, 3.8) is 0 Å². The third-order valence-corrected chi connectivity index (χ3v) is 6.26. The summed E-state index contributed by atoms with van der Waals surface area (Å²) in [6.45, 7) is 5.39. The van der Waals surface area contributed by atoms with Gasteiger partial charge in [-0.1, -0.05) is 55.0 Å². The zero-order valence-corrected chi connectivity index (χ0v) is 19.6. The Hall–Kier alpha value is -2.87. The topological polar surface area (TPSA) is 86.8 Å². The molecule has 2 rings (SSSR count). The first kappa shape index (κ1) is 24.4.